The number of benzene rings is 1. The van der Waals surface area contributed by atoms with Crippen LogP contribution in [0.3, 0.4) is 0 Å². The number of nitrogens with zero attached hydrogens (tertiary/aromatic N) is 2. The van der Waals surface area contributed by atoms with Crippen LogP contribution in [0.4, 0.5) is 5.69 Å². The average Bonchev–Trinajstić information content (AvgIpc) is 2.30. The van der Waals surface area contributed by atoms with E-state index in [0.717, 1.165) is 0 Å². The second-order valence-corrected chi connectivity index (χ2v) is 5.30. The van der Waals surface area contributed by atoms with Crippen LogP contribution in [0.2, 0.25) is 0 Å². The van der Waals surface area contributed by atoms with Crippen molar-refractivity contribution in [2.45, 2.75) is 31.9 Å². The molecule has 0 fully saturated rings. The van der Waals surface area contributed by atoms with E-state index < -0.39 is 10.5 Å². The van der Waals surface area contributed by atoms with Crippen LogP contribution in [0.25, 0.3) is 0 Å². The van der Waals surface area contributed by atoms with Crippen molar-refractivity contribution in [1.82, 2.24) is 0 Å². The number of nitro benzene ring substituents is 1. The van der Waals surface area contributed by atoms with Gasteiger partial charge in [-0.15, -0.1) is 0 Å². The first-order chi connectivity index (χ1) is 8.76. The Bertz CT molecular complexity index is 525. The molecule has 2 unspecified atom stereocenters. The van der Waals surface area contributed by atoms with E-state index in [2.05, 4.69) is 15.9 Å². The molecule has 2 N–H and O–H groups in total. The van der Waals surface area contributed by atoms with Gasteiger partial charge in [-0.2, -0.15) is 5.26 Å². The second kappa shape index (κ2) is 5.99. The molecule has 1 aromatic rings. The summed E-state index contributed by atoms with van der Waals surface area (Å²) in [7, 11) is 0. The third-order valence-corrected chi connectivity index (χ3v) is 3.23. The summed E-state index contributed by atoms with van der Waals surface area (Å²) >= 11 is 3.14. The van der Waals surface area contributed by atoms with E-state index in [-0.39, 0.29) is 16.3 Å². The van der Waals surface area contributed by atoms with Gasteiger partial charge in [-0.25, -0.2) is 0 Å². The maximum absolute atomic E-state index is 10.8. The van der Waals surface area contributed by atoms with Crippen LogP contribution in [-0.2, 0) is 0 Å². The molecule has 0 saturated heterocycles. The molecule has 0 saturated carbocycles. The lowest BCUT2D eigenvalue weighted by molar-refractivity contribution is -0.385. The fraction of sp³-hybridized carbons (Fsp3) is 0.417. The van der Waals surface area contributed by atoms with Gasteiger partial charge in [0.05, 0.1) is 17.1 Å². The molecule has 102 valence electrons. The number of hydrogen-bond donors (Lipinski definition) is 1. The lowest BCUT2D eigenvalue weighted by Crippen LogP contribution is -2.38. The van der Waals surface area contributed by atoms with Crippen LogP contribution >= 0.6 is 15.9 Å². The van der Waals surface area contributed by atoms with Crippen LogP contribution in [-0.4, -0.2) is 16.6 Å². The van der Waals surface area contributed by atoms with Crippen molar-refractivity contribution in [2.75, 3.05) is 0 Å². The van der Waals surface area contributed by atoms with Crippen molar-refractivity contribution in [3.8, 4) is 11.8 Å². The average molecular weight is 328 g/mol. The van der Waals surface area contributed by atoms with Crippen molar-refractivity contribution >= 4 is 21.6 Å². The van der Waals surface area contributed by atoms with Crippen molar-refractivity contribution in [1.29, 1.82) is 5.26 Å². The van der Waals surface area contributed by atoms with E-state index in [1.807, 2.05) is 6.07 Å². The van der Waals surface area contributed by atoms with E-state index in [4.69, 9.17) is 15.7 Å². The van der Waals surface area contributed by atoms with Crippen LogP contribution in [0.1, 0.15) is 20.3 Å². The summed E-state index contributed by atoms with van der Waals surface area (Å²) < 4.78 is 5.87. The Hall–Kier alpha value is -1.65. The standard InChI is InChI=1S/C12H14BrN3O3/c1-8(6-12(2,15)7-14)19-10-5-3-4-9(11(10)13)16(17)18/h3-5,8H,6,15H2,1-2H3. The Balaban J connectivity index is 2.87. The van der Waals surface area contributed by atoms with Crippen molar-refractivity contribution in [2.24, 2.45) is 5.73 Å². The molecular weight excluding hydrogens is 314 g/mol. The van der Waals surface area contributed by atoms with Crippen LogP contribution < -0.4 is 10.5 Å². The third-order valence-electron chi connectivity index (χ3n) is 2.43. The van der Waals surface area contributed by atoms with Crippen LogP contribution in [0.15, 0.2) is 22.7 Å². The molecule has 0 spiro atoms. The molecule has 0 aromatic heterocycles. The first-order valence-electron chi connectivity index (χ1n) is 5.56. The summed E-state index contributed by atoms with van der Waals surface area (Å²) in [5.74, 6) is 0.357. The Labute approximate surface area is 119 Å². The van der Waals surface area contributed by atoms with Gasteiger partial charge in [-0.1, -0.05) is 6.07 Å². The third kappa shape index (κ3) is 4.19. The molecule has 0 amide bonds. The molecule has 1 rings (SSSR count). The van der Waals surface area contributed by atoms with E-state index in [9.17, 15) is 10.1 Å². The summed E-state index contributed by atoms with van der Waals surface area (Å²) in [5.41, 5.74) is 4.66. The summed E-state index contributed by atoms with van der Waals surface area (Å²) in [4.78, 5) is 10.3. The molecular formula is C12H14BrN3O3. The number of nitro groups is 1. The molecule has 0 aliphatic carbocycles. The zero-order valence-corrected chi connectivity index (χ0v) is 12.2. The van der Waals surface area contributed by atoms with E-state index in [0.29, 0.717) is 12.2 Å². The number of rotatable bonds is 5. The van der Waals surface area contributed by atoms with Gasteiger partial charge in [-0.3, -0.25) is 10.1 Å². The fourth-order valence-corrected chi connectivity index (χ4v) is 2.14. The molecule has 2 atom stereocenters. The number of hydrogen-bond acceptors (Lipinski definition) is 5. The van der Waals surface area contributed by atoms with Gasteiger partial charge in [0, 0.05) is 12.5 Å². The summed E-state index contributed by atoms with van der Waals surface area (Å²) in [6, 6.07) is 6.52. The van der Waals surface area contributed by atoms with Crippen molar-refractivity contribution < 1.29 is 9.66 Å². The normalized spacial score (nSPS) is 15.1. The topological polar surface area (TPSA) is 102 Å². The minimum Gasteiger partial charge on any atom is -0.489 e. The number of nitrogens with two attached hydrogens (primary N) is 1. The number of ether oxygens (including phenoxy) is 1. The van der Waals surface area contributed by atoms with E-state index in [1.165, 1.54) is 12.1 Å². The minimum atomic E-state index is -0.993. The van der Waals surface area contributed by atoms with E-state index >= 15 is 0 Å². The Kier molecular flexibility index (Phi) is 4.86. The maximum Gasteiger partial charge on any atom is 0.287 e. The quantitative estimate of drug-likeness (QED) is 0.661. The molecule has 0 aliphatic rings. The van der Waals surface area contributed by atoms with Gasteiger partial charge < -0.3 is 10.5 Å². The first kappa shape index (κ1) is 15.4. The van der Waals surface area contributed by atoms with Crippen molar-refractivity contribution in [3.05, 3.63) is 32.8 Å². The van der Waals surface area contributed by atoms with Crippen molar-refractivity contribution in [3.63, 3.8) is 0 Å². The Morgan fingerprint density at radius 1 is 1.68 bits per heavy atom. The van der Waals surface area contributed by atoms with Gasteiger partial charge in [0.1, 0.15) is 15.8 Å². The largest absolute Gasteiger partial charge is 0.489 e. The first-order valence-corrected chi connectivity index (χ1v) is 6.36. The minimum absolute atomic E-state index is 0.0690. The summed E-state index contributed by atoms with van der Waals surface area (Å²) in [6.07, 6.45) is -0.0218. The zero-order chi connectivity index (χ0) is 14.6. The van der Waals surface area contributed by atoms with Gasteiger partial charge >= 0.3 is 0 Å². The monoisotopic (exact) mass is 327 g/mol. The van der Waals surface area contributed by atoms with Crippen LogP contribution in [0, 0.1) is 21.4 Å². The Morgan fingerprint density at radius 3 is 2.84 bits per heavy atom. The molecule has 0 aliphatic heterocycles. The number of nitriles is 1. The zero-order valence-electron chi connectivity index (χ0n) is 10.6. The summed E-state index contributed by atoms with van der Waals surface area (Å²) in [5, 5.41) is 19.6. The highest BCUT2D eigenvalue weighted by atomic mass is 79.9. The highest BCUT2D eigenvalue weighted by Gasteiger charge is 2.23. The van der Waals surface area contributed by atoms with Gasteiger partial charge in [0.25, 0.3) is 5.69 Å². The SMILES string of the molecule is CC(CC(C)(N)C#N)Oc1cccc([N+](=O)[O-])c1Br. The predicted molar refractivity (Wildman–Crippen MR) is 73.7 cm³/mol. The van der Waals surface area contributed by atoms with Gasteiger partial charge in [0.15, 0.2) is 0 Å². The highest BCUT2D eigenvalue weighted by molar-refractivity contribution is 9.10. The molecule has 1 aromatic carbocycles. The molecule has 0 bridgehead atoms. The number of halogens is 1. The van der Waals surface area contributed by atoms with Gasteiger partial charge in [-0.05, 0) is 35.8 Å². The van der Waals surface area contributed by atoms with Crippen LogP contribution in [0.5, 0.6) is 5.75 Å². The predicted octanol–water partition coefficient (Wildman–Crippen LogP) is 2.76. The van der Waals surface area contributed by atoms with E-state index in [1.54, 1.807) is 19.9 Å². The Morgan fingerprint density at radius 2 is 2.32 bits per heavy atom. The molecule has 19 heavy (non-hydrogen) atoms. The van der Waals surface area contributed by atoms with Gasteiger partial charge in [0.2, 0.25) is 0 Å². The summed E-state index contributed by atoms with van der Waals surface area (Å²) in [6.45, 7) is 3.36. The molecule has 7 heteroatoms. The lowest BCUT2D eigenvalue weighted by atomic mass is 9.98. The lowest BCUT2D eigenvalue weighted by Gasteiger charge is -2.22. The smallest absolute Gasteiger partial charge is 0.287 e. The maximum atomic E-state index is 10.8. The second-order valence-electron chi connectivity index (χ2n) is 4.51. The highest BCUT2D eigenvalue weighted by Crippen LogP contribution is 2.34. The molecule has 0 radical (unpaired) electrons. The molecule has 6 nitrogen and oxygen atoms in total. The fourth-order valence-electron chi connectivity index (χ4n) is 1.63. The molecule has 0 heterocycles.